The van der Waals surface area contributed by atoms with Crippen LogP contribution < -0.4 is 0 Å². The van der Waals surface area contributed by atoms with Crippen molar-refractivity contribution in [2.24, 2.45) is 0 Å². The highest BCUT2D eigenvalue weighted by atomic mass is 16.5. The maximum Gasteiger partial charge on any atom is 0.0886 e. The van der Waals surface area contributed by atoms with E-state index in [1.165, 1.54) is 22.0 Å². The molecule has 130 valence electrons. The third kappa shape index (κ3) is 3.20. The number of aromatic nitrogens is 2. The fraction of sp³-hybridized carbons (Fsp3) is 0.381. The second-order valence-electron chi connectivity index (χ2n) is 6.87. The number of pyridine rings is 1. The highest BCUT2D eigenvalue weighted by Gasteiger charge is 2.23. The van der Waals surface area contributed by atoms with Gasteiger partial charge in [0.25, 0.3) is 0 Å². The highest BCUT2D eigenvalue weighted by Crippen LogP contribution is 2.29. The number of hydrogen-bond acceptors (Lipinski definition) is 3. The second-order valence-corrected chi connectivity index (χ2v) is 6.87. The van der Waals surface area contributed by atoms with Crippen molar-refractivity contribution in [1.29, 1.82) is 0 Å². The molecule has 4 nitrogen and oxygen atoms in total. The van der Waals surface area contributed by atoms with Crippen LogP contribution in [0.5, 0.6) is 0 Å². The largest absolute Gasteiger partial charge is 0.379 e. The monoisotopic (exact) mass is 335 g/mol. The van der Waals surface area contributed by atoms with Crippen molar-refractivity contribution in [2.75, 3.05) is 32.8 Å². The van der Waals surface area contributed by atoms with E-state index in [0.29, 0.717) is 0 Å². The summed E-state index contributed by atoms with van der Waals surface area (Å²) in [6.07, 6.45) is 4.13. The average Bonchev–Trinajstić information content (AvgIpc) is 3.07. The van der Waals surface area contributed by atoms with E-state index in [-0.39, 0.29) is 6.04 Å². The van der Waals surface area contributed by atoms with Crippen molar-refractivity contribution in [3.63, 3.8) is 0 Å². The predicted octanol–water partition coefficient (Wildman–Crippen LogP) is 3.57. The number of nitrogens with zero attached hydrogens (tertiary/aromatic N) is 3. The molecule has 3 heterocycles. The van der Waals surface area contributed by atoms with Gasteiger partial charge in [0.05, 0.1) is 30.5 Å². The number of fused-ring (bicyclic) bond motifs is 1. The van der Waals surface area contributed by atoms with Gasteiger partial charge >= 0.3 is 0 Å². The van der Waals surface area contributed by atoms with E-state index in [4.69, 9.17) is 9.72 Å². The van der Waals surface area contributed by atoms with E-state index >= 15 is 0 Å². The third-order valence-electron chi connectivity index (χ3n) is 5.18. The fourth-order valence-electron chi connectivity index (χ4n) is 3.84. The van der Waals surface area contributed by atoms with Crippen LogP contribution in [-0.2, 0) is 4.74 Å². The number of ether oxygens (including phenoxy) is 1. The lowest BCUT2D eigenvalue weighted by Gasteiger charge is -2.32. The number of hydrogen-bond donors (Lipinski definition) is 0. The average molecular weight is 335 g/mol. The van der Waals surface area contributed by atoms with Gasteiger partial charge in [0.15, 0.2) is 0 Å². The predicted molar refractivity (Wildman–Crippen MR) is 101 cm³/mol. The molecule has 0 bridgehead atoms. The summed E-state index contributed by atoms with van der Waals surface area (Å²) in [5.41, 5.74) is 5.03. The second kappa shape index (κ2) is 6.98. The molecule has 1 fully saturated rings. The summed E-state index contributed by atoms with van der Waals surface area (Å²) in [5.74, 6) is 0. The first-order valence-corrected chi connectivity index (χ1v) is 9.02. The summed E-state index contributed by atoms with van der Waals surface area (Å²) in [6.45, 7) is 8.92. The smallest absolute Gasteiger partial charge is 0.0886 e. The van der Waals surface area contributed by atoms with Gasteiger partial charge in [-0.15, -0.1) is 0 Å². The van der Waals surface area contributed by atoms with Crippen LogP contribution in [0.15, 0.2) is 48.8 Å². The van der Waals surface area contributed by atoms with E-state index < -0.39 is 0 Å². The Balaban J connectivity index is 1.80. The lowest BCUT2D eigenvalue weighted by atomic mass is 10.1. The van der Waals surface area contributed by atoms with Gasteiger partial charge in [0.2, 0.25) is 0 Å². The maximum atomic E-state index is 5.53. The molecule has 1 unspecified atom stereocenters. The summed E-state index contributed by atoms with van der Waals surface area (Å²) < 4.78 is 7.94. The standard InChI is InChI=1S/C21H25N3O/c1-16-6-4-9-22-20(16)19(15-23-11-13-25-14-12-23)24-10-8-18-7-3-5-17(2)21(18)24/h3-10,19H,11-15H2,1-2H3. The molecular formula is C21H25N3O. The molecular weight excluding hydrogens is 310 g/mol. The number of para-hydroxylation sites is 1. The van der Waals surface area contributed by atoms with Gasteiger partial charge in [0, 0.05) is 32.0 Å². The summed E-state index contributed by atoms with van der Waals surface area (Å²) in [5, 5.41) is 1.29. The van der Waals surface area contributed by atoms with Crippen LogP contribution in [0.1, 0.15) is 22.9 Å². The van der Waals surface area contributed by atoms with E-state index in [2.05, 4.69) is 59.8 Å². The Hall–Kier alpha value is -2.17. The minimum atomic E-state index is 0.206. The molecule has 1 atom stereocenters. The Bertz CT molecular complexity index is 864. The van der Waals surface area contributed by atoms with Crippen LogP contribution >= 0.6 is 0 Å². The first-order valence-electron chi connectivity index (χ1n) is 9.02. The number of rotatable bonds is 4. The van der Waals surface area contributed by atoms with Gasteiger partial charge in [-0.3, -0.25) is 9.88 Å². The van der Waals surface area contributed by atoms with Gasteiger partial charge < -0.3 is 9.30 Å². The molecule has 0 amide bonds. The Labute approximate surface area is 149 Å². The van der Waals surface area contributed by atoms with E-state index in [0.717, 1.165) is 38.5 Å². The van der Waals surface area contributed by atoms with E-state index in [1.54, 1.807) is 0 Å². The lowest BCUT2D eigenvalue weighted by molar-refractivity contribution is 0.0336. The normalized spacial score (nSPS) is 17.0. The first-order chi connectivity index (χ1) is 12.2. The van der Waals surface area contributed by atoms with Crippen LogP contribution in [0.3, 0.4) is 0 Å². The molecule has 1 saturated heterocycles. The van der Waals surface area contributed by atoms with Crippen LogP contribution in [0, 0.1) is 13.8 Å². The zero-order valence-corrected chi connectivity index (χ0v) is 15.0. The topological polar surface area (TPSA) is 30.3 Å². The molecule has 0 radical (unpaired) electrons. The molecule has 3 aromatic rings. The Kier molecular flexibility index (Phi) is 4.55. The van der Waals surface area contributed by atoms with Gasteiger partial charge in [-0.1, -0.05) is 24.3 Å². The lowest BCUT2D eigenvalue weighted by Crippen LogP contribution is -2.40. The molecule has 4 heteroatoms. The molecule has 4 rings (SSSR count). The highest BCUT2D eigenvalue weighted by molar-refractivity contribution is 5.83. The molecule has 0 aliphatic carbocycles. The molecule has 1 aromatic carbocycles. The van der Waals surface area contributed by atoms with Crippen LogP contribution in [0.25, 0.3) is 10.9 Å². The number of morpholine rings is 1. The van der Waals surface area contributed by atoms with Gasteiger partial charge in [-0.25, -0.2) is 0 Å². The van der Waals surface area contributed by atoms with Crippen molar-refractivity contribution in [3.8, 4) is 0 Å². The van der Waals surface area contributed by atoms with Gasteiger partial charge in [0.1, 0.15) is 0 Å². The molecule has 25 heavy (non-hydrogen) atoms. The summed E-state index contributed by atoms with van der Waals surface area (Å²) in [4.78, 5) is 7.25. The van der Waals surface area contributed by atoms with Crippen molar-refractivity contribution in [3.05, 3.63) is 65.6 Å². The minimum Gasteiger partial charge on any atom is -0.379 e. The van der Waals surface area contributed by atoms with Crippen molar-refractivity contribution < 1.29 is 4.74 Å². The summed E-state index contributed by atoms with van der Waals surface area (Å²) in [7, 11) is 0. The zero-order chi connectivity index (χ0) is 17.2. The summed E-state index contributed by atoms with van der Waals surface area (Å²) in [6, 6.07) is 13.1. The van der Waals surface area contributed by atoms with E-state index in [1.807, 2.05) is 12.3 Å². The summed E-state index contributed by atoms with van der Waals surface area (Å²) >= 11 is 0. The zero-order valence-electron chi connectivity index (χ0n) is 15.0. The minimum absolute atomic E-state index is 0.206. The Morgan fingerprint density at radius 1 is 1.04 bits per heavy atom. The number of benzene rings is 1. The van der Waals surface area contributed by atoms with Crippen molar-refractivity contribution >= 4 is 10.9 Å². The van der Waals surface area contributed by atoms with Crippen LogP contribution in [0.4, 0.5) is 0 Å². The molecule has 1 aliphatic rings. The Morgan fingerprint density at radius 2 is 1.84 bits per heavy atom. The quantitative estimate of drug-likeness (QED) is 0.730. The molecule has 1 aliphatic heterocycles. The fourth-order valence-corrected chi connectivity index (χ4v) is 3.84. The maximum absolute atomic E-state index is 5.53. The van der Waals surface area contributed by atoms with Crippen LogP contribution in [0.2, 0.25) is 0 Å². The molecule has 0 spiro atoms. The third-order valence-corrected chi connectivity index (χ3v) is 5.18. The number of aryl methyl sites for hydroxylation is 2. The first kappa shape index (κ1) is 16.3. The Morgan fingerprint density at radius 3 is 2.64 bits per heavy atom. The van der Waals surface area contributed by atoms with Crippen LogP contribution in [-0.4, -0.2) is 47.3 Å². The SMILES string of the molecule is Cc1cccnc1C(CN1CCOCC1)n1ccc2cccc(C)c21. The van der Waals surface area contributed by atoms with Gasteiger partial charge in [-0.2, -0.15) is 0 Å². The van der Waals surface area contributed by atoms with Gasteiger partial charge in [-0.05, 0) is 42.5 Å². The molecule has 0 saturated carbocycles. The van der Waals surface area contributed by atoms with E-state index in [9.17, 15) is 0 Å². The molecule has 2 aromatic heterocycles. The van der Waals surface area contributed by atoms with Crippen molar-refractivity contribution in [2.45, 2.75) is 19.9 Å². The van der Waals surface area contributed by atoms with Crippen molar-refractivity contribution in [1.82, 2.24) is 14.5 Å². The molecule has 0 N–H and O–H groups in total.